The predicted octanol–water partition coefficient (Wildman–Crippen LogP) is 5.89. The molecule has 4 rings (SSSR count). The molecular weight excluding hydrogens is 348 g/mol. The molecule has 3 aromatic heterocycles. The minimum Gasteiger partial charge on any atom is -0.326 e. The summed E-state index contributed by atoms with van der Waals surface area (Å²) < 4.78 is 2.27. The number of hydrogen-bond acceptors (Lipinski definition) is 3. The SMILES string of the molecule is CC(=O)Nc1ccc(-n2c(-c3cccs3)ccc2-c2cccs2)cc1. The van der Waals surface area contributed by atoms with Gasteiger partial charge in [-0.2, -0.15) is 0 Å². The Labute approximate surface area is 154 Å². The molecule has 0 atom stereocenters. The highest BCUT2D eigenvalue weighted by atomic mass is 32.1. The van der Waals surface area contributed by atoms with Crippen LogP contribution in [0.2, 0.25) is 0 Å². The van der Waals surface area contributed by atoms with E-state index in [4.69, 9.17) is 0 Å². The van der Waals surface area contributed by atoms with Crippen LogP contribution in [0.25, 0.3) is 26.8 Å². The lowest BCUT2D eigenvalue weighted by atomic mass is 10.2. The topological polar surface area (TPSA) is 34.0 Å². The van der Waals surface area contributed by atoms with Crippen LogP contribution < -0.4 is 5.32 Å². The number of carbonyl (C=O) groups excluding carboxylic acids is 1. The number of hydrogen-bond donors (Lipinski definition) is 1. The van der Waals surface area contributed by atoms with Gasteiger partial charge in [0.15, 0.2) is 0 Å². The zero-order valence-electron chi connectivity index (χ0n) is 13.6. The van der Waals surface area contributed by atoms with Gasteiger partial charge in [0.25, 0.3) is 0 Å². The molecule has 25 heavy (non-hydrogen) atoms. The van der Waals surface area contributed by atoms with Gasteiger partial charge < -0.3 is 9.88 Å². The Bertz CT molecular complexity index is 929. The molecule has 0 saturated heterocycles. The van der Waals surface area contributed by atoms with E-state index in [1.54, 1.807) is 22.7 Å². The minimum atomic E-state index is -0.0627. The zero-order valence-corrected chi connectivity index (χ0v) is 15.2. The molecule has 0 spiro atoms. The summed E-state index contributed by atoms with van der Waals surface area (Å²) in [4.78, 5) is 13.7. The van der Waals surface area contributed by atoms with Gasteiger partial charge in [-0.15, -0.1) is 22.7 Å². The molecule has 0 aliphatic rings. The quantitative estimate of drug-likeness (QED) is 0.481. The highest BCUT2D eigenvalue weighted by molar-refractivity contribution is 7.14. The molecule has 5 heteroatoms. The normalized spacial score (nSPS) is 10.8. The van der Waals surface area contributed by atoms with Crippen molar-refractivity contribution in [2.45, 2.75) is 6.92 Å². The molecule has 124 valence electrons. The van der Waals surface area contributed by atoms with Crippen LogP contribution in [0.3, 0.4) is 0 Å². The molecule has 0 unspecified atom stereocenters. The molecule has 1 N–H and O–H groups in total. The fourth-order valence-electron chi connectivity index (χ4n) is 2.85. The number of benzene rings is 1. The van der Waals surface area contributed by atoms with E-state index in [2.05, 4.69) is 57.0 Å². The third-order valence-electron chi connectivity index (χ3n) is 3.87. The van der Waals surface area contributed by atoms with Crippen molar-refractivity contribution in [3.8, 4) is 26.8 Å². The number of amides is 1. The predicted molar refractivity (Wildman–Crippen MR) is 107 cm³/mol. The molecule has 0 bridgehead atoms. The van der Waals surface area contributed by atoms with Gasteiger partial charge in [0.1, 0.15) is 0 Å². The summed E-state index contributed by atoms with van der Waals surface area (Å²) in [6.07, 6.45) is 0. The maximum atomic E-state index is 11.2. The van der Waals surface area contributed by atoms with Crippen molar-refractivity contribution < 1.29 is 4.79 Å². The number of thiophene rings is 2. The van der Waals surface area contributed by atoms with Crippen LogP contribution in [-0.4, -0.2) is 10.5 Å². The molecule has 1 amide bonds. The van der Waals surface area contributed by atoms with E-state index >= 15 is 0 Å². The first-order valence-electron chi connectivity index (χ1n) is 7.90. The Morgan fingerprint density at radius 1 is 0.840 bits per heavy atom. The average molecular weight is 364 g/mol. The molecule has 3 nitrogen and oxygen atoms in total. The summed E-state index contributed by atoms with van der Waals surface area (Å²) in [6.45, 7) is 1.52. The number of carbonyl (C=O) groups is 1. The van der Waals surface area contributed by atoms with Crippen LogP contribution in [0.4, 0.5) is 5.69 Å². The van der Waals surface area contributed by atoms with Crippen LogP contribution in [0.5, 0.6) is 0 Å². The molecule has 0 fully saturated rings. The smallest absolute Gasteiger partial charge is 0.221 e. The summed E-state index contributed by atoms with van der Waals surface area (Å²) in [5, 5.41) is 7.01. The average Bonchev–Trinajstić information content (AvgIpc) is 3.34. The van der Waals surface area contributed by atoms with Crippen molar-refractivity contribution in [1.29, 1.82) is 0 Å². The van der Waals surface area contributed by atoms with Gasteiger partial charge >= 0.3 is 0 Å². The Kier molecular flexibility index (Phi) is 4.26. The fourth-order valence-corrected chi connectivity index (χ4v) is 4.33. The molecule has 1 aromatic carbocycles. The van der Waals surface area contributed by atoms with Crippen molar-refractivity contribution in [3.05, 3.63) is 71.4 Å². The number of rotatable bonds is 4. The number of nitrogens with zero attached hydrogens (tertiary/aromatic N) is 1. The van der Waals surface area contributed by atoms with Crippen LogP contribution in [0, 0.1) is 0 Å². The van der Waals surface area contributed by atoms with Crippen molar-refractivity contribution in [2.24, 2.45) is 0 Å². The van der Waals surface area contributed by atoms with Crippen molar-refractivity contribution in [3.63, 3.8) is 0 Å². The largest absolute Gasteiger partial charge is 0.326 e. The Morgan fingerprint density at radius 3 is 1.84 bits per heavy atom. The molecule has 0 aliphatic carbocycles. The maximum Gasteiger partial charge on any atom is 0.221 e. The van der Waals surface area contributed by atoms with Gasteiger partial charge in [-0.25, -0.2) is 0 Å². The highest BCUT2D eigenvalue weighted by Gasteiger charge is 2.14. The third-order valence-corrected chi connectivity index (χ3v) is 5.66. The Hall–Kier alpha value is -2.63. The van der Waals surface area contributed by atoms with E-state index in [1.807, 2.05) is 24.3 Å². The lowest BCUT2D eigenvalue weighted by molar-refractivity contribution is -0.114. The molecule has 0 radical (unpaired) electrons. The summed E-state index contributed by atoms with van der Waals surface area (Å²) in [5.74, 6) is -0.0627. The number of aromatic nitrogens is 1. The van der Waals surface area contributed by atoms with E-state index in [0.717, 1.165) is 11.4 Å². The van der Waals surface area contributed by atoms with Crippen LogP contribution in [0.15, 0.2) is 71.4 Å². The monoisotopic (exact) mass is 364 g/mol. The van der Waals surface area contributed by atoms with E-state index in [-0.39, 0.29) is 5.91 Å². The molecule has 0 saturated carbocycles. The number of nitrogens with one attached hydrogen (secondary N) is 1. The van der Waals surface area contributed by atoms with Crippen molar-refractivity contribution >= 4 is 34.3 Å². The highest BCUT2D eigenvalue weighted by Crippen LogP contribution is 2.36. The zero-order chi connectivity index (χ0) is 17.2. The lowest BCUT2D eigenvalue weighted by Gasteiger charge is -2.13. The number of anilines is 1. The van der Waals surface area contributed by atoms with E-state index < -0.39 is 0 Å². The first-order chi connectivity index (χ1) is 12.2. The fraction of sp³-hybridized carbons (Fsp3) is 0.0500. The van der Waals surface area contributed by atoms with Crippen molar-refractivity contribution in [2.75, 3.05) is 5.32 Å². The second-order valence-corrected chi connectivity index (χ2v) is 7.52. The summed E-state index contributed by atoms with van der Waals surface area (Å²) >= 11 is 3.47. The van der Waals surface area contributed by atoms with Gasteiger partial charge in [0.2, 0.25) is 5.91 Å². The first-order valence-corrected chi connectivity index (χ1v) is 9.66. The second-order valence-electron chi connectivity index (χ2n) is 5.62. The van der Waals surface area contributed by atoms with Gasteiger partial charge in [0.05, 0.1) is 21.1 Å². The van der Waals surface area contributed by atoms with Crippen LogP contribution >= 0.6 is 22.7 Å². The van der Waals surface area contributed by atoms with Crippen LogP contribution in [-0.2, 0) is 4.79 Å². The first kappa shape index (κ1) is 15.9. The van der Waals surface area contributed by atoms with Crippen molar-refractivity contribution in [1.82, 2.24) is 4.57 Å². The van der Waals surface area contributed by atoms with Gasteiger partial charge in [-0.05, 0) is 59.3 Å². The molecule has 3 heterocycles. The minimum absolute atomic E-state index is 0.0627. The molecule has 0 aliphatic heterocycles. The van der Waals surface area contributed by atoms with Gasteiger partial charge in [-0.3, -0.25) is 4.79 Å². The summed E-state index contributed by atoms with van der Waals surface area (Å²) in [6, 6.07) is 20.7. The standard InChI is InChI=1S/C20H16N2OS2/c1-14(23)21-15-6-8-16(9-7-15)22-17(19-4-2-12-24-19)10-11-18(22)20-5-3-13-25-20/h2-13H,1H3,(H,21,23). The Morgan fingerprint density at radius 2 is 1.40 bits per heavy atom. The lowest BCUT2D eigenvalue weighted by Crippen LogP contribution is -2.06. The van der Waals surface area contributed by atoms with E-state index in [9.17, 15) is 4.79 Å². The molecule has 4 aromatic rings. The Balaban J connectivity index is 1.84. The summed E-state index contributed by atoms with van der Waals surface area (Å²) in [5.41, 5.74) is 4.22. The third kappa shape index (κ3) is 3.16. The van der Waals surface area contributed by atoms with Crippen LogP contribution in [0.1, 0.15) is 6.92 Å². The second kappa shape index (κ2) is 6.70. The summed E-state index contributed by atoms with van der Waals surface area (Å²) in [7, 11) is 0. The van der Waals surface area contributed by atoms with E-state index in [1.165, 1.54) is 28.1 Å². The van der Waals surface area contributed by atoms with E-state index in [0.29, 0.717) is 0 Å². The van der Waals surface area contributed by atoms with Gasteiger partial charge in [-0.1, -0.05) is 12.1 Å². The van der Waals surface area contributed by atoms with Gasteiger partial charge in [0, 0.05) is 18.3 Å². The maximum absolute atomic E-state index is 11.2. The molecular formula is C20H16N2OS2.